The third-order valence-electron chi connectivity index (χ3n) is 2.48. The smallest absolute Gasteiger partial charge is 0.161 e. The lowest BCUT2D eigenvalue weighted by atomic mass is 10.2. The summed E-state index contributed by atoms with van der Waals surface area (Å²) in [6.07, 6.45) is 0. The molecule has 1 N–H and O–H groups in total. The number of phenols is 1. The molecule has 2 aromatic carbocycles. The Balaban J connectivity index is 2.01. The fraction of sp³-hybridized carbons (Fsp3) is 0.200. The number of hydrogen-bond acceptors (Lipinski definition) is 3. The largest absolute Gasteiger partial charge is 0.504 e. The molecule has 0 aliphatic heterocycles. The summed E-state index contributed by atoms with van der Waals surface area (Å²) in [7, 11) is 0. The molecule has 0 radical (unpaired) electrons. The number of benzene rings is 2. The lowest BCUT2D eigenvalue weighted by molar-refractivity contribution is 0.286. The fourth-order valence-electron chi connectivity index (χ4n) is 1.61. The van der Waals surface area contributed by atoms with Crippen molar-refractivity contribution in [3.05, 3.63) is 54.1 Å². The zero-order valence-electron chi connectivity index (χ0n) is 10.3. The Hall–Kier alpha value is -2.16. The molecule has 2 aromatic rings. The Morgan fingerprint density at radius 1 is 1.00 bits per heavy atom. The van der Waals surface area contributed by atoms with E-state index in [1.165, 1.54) is 0 Å². The van der Waals surface area contributed by atoms with Gasteiger partial charge in [0, 0.05) is 6.07 Å². The van der Waals surface area contributed by atoms with Gasteiger partial charge in [-0.1, -0.05) is 30.3 Å². The zero-order chi connectivity index (χ0) is 12.8. The highest BCUT2D eigenvalue weighted by molar-refractivity contribution is 5.44. The summed E-state index contributed by atoms with van der Waals surface area (Å²) in [5.41, 5.74) is 1.06. The van der Waals surface area contributed by atoms with E-state index >= 15 is 0 Å². The van der Waals surface area contributed by atoms with Crippen LogP contribution in [0.2, 0.25) is 0 Å². The van der Waals surface area contributed by atoms with Gasteiger partial charge in [-0.25, -0.2) is 0 Å². The van der Waals surface area contributed by atoms with Gasteiger partial charge in [-0.3, -0.25) is 0 Å². The Kier molecular flexibility index (Phi) is 4.07. The van der Waals surface area contributed by atoms with Gasteiger partial charge in [0.05, 0.1) is 6.61 Å². The highest BCUT2D eigenvalue weighted by Crippen LogP contribution is 2.30. The second-order valence-corrected chi connectivity index (χ2v) is 3.84. The fourth-order valence-corrected chi connectivity index (χ4v) is 1.61. The van der Waals surface area contributed by atoms with Crippen molar-refractivity contribution in [1.82, 2.24) is 0 Å². The molecule has 18 heavy (non-hydrogen) atoms. The molecule has 0 amide bonds. The highest BCUT2D eigenvalue weighted by atomic mass is 16.5. The first-order chi connectivity index (χ1) is 8.79. The maximum absolute atomic E-state index is 9.79. The monoisotopic (exact) mass is 244 g/mol. The number of phenolic OH excluding ortho intramolecular Hbond substituents is 1. The van der Waals surface area contributed by atoms with Crippen molar-refractivity contribution in [2.24, 2.45) is 0 Å². The van der Waals surface area contributed by atoms with E-state index in [0.717, 1.165) is 5.56 Å². The summed E-state index contributed by atoms with van der Waals surface area (Å²) in [5.74, 6) is 1.20. The first-order valence-corrected chi connectivity index (χ1v) is 5.92. The van der Waals surface area contributed by atoms with E-state index in [2.05, 4.69) is 0 Å². The molecule has 0 fully saturated rings. The van der Waals surface area contributed by atoms with E-state index in [1.807, 2.05) is 37.3 Å². The van der Waals surface area contributed by atoms with Crippen LogP contribution in [0.5, 0.6) is 17.2 Å². The van der Waals surface area contributed by atoms with Gasteiger partial charge in [-0.15, -0.1) is 0 Å². The molecular formula is C15H16O3. The van der Waals surface area contributed by atoms with Crippen LogP contribution >= 0.6 is 0 Å². The van der Waals surface area contributed by atoms with Crippen LogP contribution < -0.4 is 9.47 Å². The zero-order valence-corrected chi connectivity index (χ0v) is 10.3. The van der Waals surface area contributed by atoms with Crippen molar-refractivity contribution in [2.45, 2.75) is 13.5 Å². The van der Waals surface area contributed by atoms with Gasteiger partial charge < -0.3 is 14.6 Å². The number of aromatic hydroxyl groups is 1. The van der Waals surface area contributed by atoms with Crippen LogP contribution in [0.15, 0.2) is 48.5 Å². The molecule has 0 unspecified atom stereocenters. The normalized spacial score (nSPS) is 10.1. The van der Waals surface area contributed by atoms with Gasteiger partial charge in [0.25, 0.3) is 0 Å². The number of rotatable bonds is 5. The minimum absolute atomic E-state index is 0.0943. The van der Waals surface area contributed by atoms with Crippen molar-refractivity contribution >= 4 is 0 Å². The standard InChI is InChI=1S/C15H16O3/c1-2-17-13-8-9-15(14(16)10-13)18-11-12-6-4-3-5-7-12/h3-10,16H,2,11H2,1H3. The topological polar surface area (TPSA) is 38.7 Å². The molecule has 2 rings (SSSR count). The predicted octanol–water partition coefficient (Wildman–Crippen LogP) is 3.37. The van der Waals surface area contributed by atoms with E-state index < -0.39 is 0 Å². The first kappa shape index (κ1) is 12.3. The van der Waals surface area contributed by atoms with Crippen LogP contribution in [0.3, 0.4) is 0 Å². The molecule has 3 nitrogen and oxygen atoms in total. The van der Waals surface area contributed by atoms with Crippen LogP contribution in [0.25, 0.3) is 0 Å². The third-order valence-corrected chi connectivity index (χ3v) is 2.48. The van der Waals surface area contributed by atoms with Crippen LogP contribution in [0.4, 0.5) is 0 Å². The van der Waals surface area contributed by atoms with E-state index in [-0.39, 0.29) is 5.75 Å². The summed E-state index contributed by atoms with van der Waals surface area (Å²) in [4.78, 5) is 0. The average Bonchev–Trinajstić information content (AvgIpc) is 2.39. The van der Waals surface area contributed by atoms with Crippen molar-refractivity contribution < 1.29 is 14.6 Å². The molecule has 0 saturated carbocycles. The van der Waals surface area contributed by atoms with Crippen molar-refractivity contribution in [3.63, 3.8) is 0 Å². The SMILES string of the molecule is CCOc1ccc(OCc2ccccc2)c(O)c1. The Morgan fingerprint density at radius 2 is 1.78 bits per heavy atom. The van der Waals surface area contributed by atoms with Gasteiger partial charge in [-0.2, -0.15) is 0 Å². The predicted molar refractivity (Wildman–Crippen MR) is 70.0 cm³/mol. The van der Waals surface area contributed by atoms with E-state index in [4.69, 9.17) is 9.47 Å². The molecule has 94 valence electrons. The summed E-state index contributed by atoms with van der Waals surface area (Å²) < 4.78 is 10.8. The van der Waals surface area contributed by atoms with E-state index in [0.29, 0.717) is 24.7 Å². The summed E-state index contributed by atoms with van der Waals surface area (Å²) in [6, 6.07) is 14.9. The van der Waals surface area contributed by atoms with E-state index in [9.17, 15) is 5.11 Å². The van der Waals surface area contributed by atoms with Gasteiger partial charge in [0.2, 0.25) is 0 Å². The lowest BCUT2D eigenvalue weighted by Gasteiger charge is -2.09. The molecule has 0 aromatic heterocycles. The van der Waals surface area contributed by atoms with Gasteiger partial charge in [0.1, 0.15) is 12.4 Å². The van der Waals surface area contributed by atoms with Crippen molar-refractivity contribution in [2.75, 3.05) is 6.61 Å². The Morgan fingerprint density at radius 3 is 2.44 bits per heavy atom. The maximum Gasteiger partial charge on any atom is 0.161 e. The first-order valence-electron chi connectivity index (χ1n) is 5.92. The number of hydrogen-bond donors (Lipinski definition) is 1. The van der Waals surface area contributed by atoms with Gasteiger partial charge in [0.15, 0.2) is 11.5 Å². The molecule has 0 heterocycles. The van der Waals surface area contributed by atoms with Gasteiger partial charge >= 0.3 is 0 Å². The van der Waals surface area contributed by atoms with Crippen LogP contribution in [-0.2, 0) is 6.61 Å². The van der Waals surface area contributed by atoms with E-state index in [1.54, 1.807) is 18.2 Å². The second-order valence-electron chi connectivity index (χ2n) is 3.84. The molecule has 0 atom stereocenters. The number of ether oxygens (including phenoxy) is 2. The Bertz CT molecular complexity index is 494. The van der Waals surface area contributed by atoms with Crippen molar-refractivity contribution in [1.29, 1.82) is 0 Å². The minimum Gasteiger partial charge on any atom is -0.504 e. The highest BCUT2D eigenvalue weighted by Gasteiger charge is 2.04. The second kappa shape index (κ2) is 5.96. The average molecular weight is 244 g/mol. The molecule has 0 bridgehead atoms. The molecule has 3 heteroatoms. The Labute approximate surface area is 107 Å². The molecular weight excluding hydrogens is 228 g/mol. The van der Waals surface area contributed by atoms with Crippen molar-refractivity contribution in [3.8, 4) is 17.2 Å². The van der Waals surface area contributed by atoms with Crippen LogP contribution in [0.1, 0.15) is 12.5 Å². The summed E-state index contributed by atoms with van der Waals surface area (Å²) in [5, 5.41) is 9.79. The van der Waals surface area contributed by atoms with Gasteiger partial charge in [-0.05, 0) is 24.6 Å². The van der Waals surface area contributed by atoms with Crippen LogP contribution in [-0.4, -0.2) is 11.7 Å². The summed E-state index contributed by atoms with van der Waals surface area (Å²) in [6.45, 7) is 2.91. The summed E-state index contributed by atoms with van der Waals surface area (Å²) >= 11 is 0. The van der Waals surface area contributed by atoms with Crippen LogP contribution in [0, 0.1) is 0 Å². The molecule has 0 aliphatic carbocycles. The molecule has 0 saturated heterocycles. The third kappa shape index (κ3) is 3.17. The quantitative estimate of drug-likeness (QED) is 0.876. The minimum atomic E-state index is 0.0943. The lowest BCUT2D eigenvalue weighted by Crippen LogP contribution is -1.96. The molecule has 0 aliphatic rings. The maximum atomic E-state index is 9.79. The molecule has 0 spiro atoms.